The molecular formula is C14H18N4O3. The molecule has 21 heavy (non-hydrogen) atoms. The fourth-order valence-electron chi connectivity index (χ4n) is 2.48. The first kappa shape index (κ1) is 13.7. The molecule has 0 saturated heterocycles. The molecule has 1 aromatic carbocycles. The molecule has 0 aliphatic carbocycles. The molecule has 1 aromatic rings. The molecule has 0 radical (unpaired) electrons. The number of aliphatic hydroxyl groups excluding tert-OH is 1. The van der Waals surface area contributed by atoms with Gasteiger partial charge in [-0.2, -0.15) is 0 Å². The maximum absolute atomic E-state index is 8.83. The molecule has 0 fully saturated rings. The van der Waals surface area contributed by atoms with Gasteiger partial charge in [-0.1, -0.05) is 0 Å². The lowest BCUT2D eigenvalue weighted by Crippen LogP contribution is -2.42. The molecule has 2 aliphatic heterocycles. The lowest BCUT2D eigenvalue weighted by molar-refractivity contribution is 0.228. The number of guanidine groups is 1. The van der Waals surface area contributed by atoms with Crippen molar-refractivity contribution in [3.63, 3.8) is 0 Å². The third-order valence-corrected chi connectivity index (χ3v) is 3.44. The smallest absolute Gasteiger partial charge is 0.202 e. The van der Waals surface area contributed by atoms with Crippen LogP contribution in [0.1, 0.15) is 12.0 Å². The van der Waals surface area contributed by atoms with E-state index >= 15 is 0 Å². The molecule has 2 heterocycles. The van der Waals surface area contributed by atoms with Gasteiger partial charge in [0.2, 0.25) is 5.96 Å². The van der Waals surface area contributed by atoms with Crippen LogP contribution >= 0.6 is 0 Å². The second kappa shape index (κ2) is 5.61. The largest absolute Gasteiger partial charge is 0.491 e. The monoisotopic (exact) mass is 290 g/mol. The normalized spacial score (nSPS) is 16.0. The predicted molar refractivity (Wildman–Crippen MR) is 79.6 cm³/mol. The van der Waals surface area contributed by atoms with Gasteiger partial charge in [-0.05, 0) is 12.1 Å². The van der Waals surface area contributed by atoms with Crippen LogP contribution in [0.4, 0.5) is 5.69 Å². The summed E-state index contributed by atoms with van der Waals surface area (Å²) in [7, 11) is 1.57. The first-order valence-corrected chi connectivity index (χ1v) is 6.87. The van der Waals surface area contributed by atoms with Crippen molar-refractivity contribution in [1.82, 2.24) is 4.90 Å². The highest BCUT2D eigenvalue weighted by atomic mass is 16.5. The number of ether oxygens (including phenoxy) is 2. The molecule has 7 nitrogen and oxygen atoms in total. The number of nitrogens with zero attached hydrogens (tertiary/aromatic N) is 3. The topological polar surface area (TPSA) is 92.7 Å². The number of aliphatic hydroxyl groups is 1. The van der Waals surface area contributed by atoms with Crippen LogP contribution in [0.2, 0.25) is 0 Å². The van der Waals surface area contributed by atoms with Gasteiger partial charge >= 0.3 is 0 Å². The van der Waals surface area contributed by atoms with Gasteiger partial charge < -0.3 is 20.3 Å². The van der Waals surface area contributed by atoms with E-state index in [0.717, 1.165) is 17.9 Å². The van der Waals surface area contributed by atoms with Crippen LogP contribution in [-0.2, 0) is 0 Å². The van der Waals surface area contributed by atoms with Crippen molar-refractivity contribution >= 4 is 17.5 Å². The number of hydrogen-bond acceptors (Lipinski definition) is 7. The zero-order chi connectivity index (χ0) is 14.8. The van der Waals surface area contributed by atoms with Crippen molar-refractivity contribution < 1.29 is 14.6 Å². The second-order valence-electron chi connectivity index (χ2n) is 4.75. The second-order valence-corrected chi connectivity index (χ2v) is 4.75. The number of rotatable bonds is 5. The predicted octanol–water partition coefficient (Wildman–Crippen LogP) is 0.478. The summed E-state index contributed by atoms with van der Waals surface area (Å²) < 4.78 is 11.1. The molecule has 0 atom stereocenters. The Kier molecular flexibility index (Phi) is 3.66. The van der Waals surface area contributed by atoms with Gasteiger partial charge in [0.25, 0.3) is 0 Å². The van der Waals surface area contributed by atoms with E-state index in [1.165, 1.54) is 0 Å². The van der Waals surface area contributed by atoms with Gasteiger partial charge in [-0.15, -0.1) is 0 Å². The van der Waals surface area contributed by atoms with Crippen molar-refractivity contribution in [2.75, 3.05) is 33.4 Å². The number of benzene rings is 1. The Morgan fingerprint density at radius 2 is 2.29 bits per heavy atom. The standard InChI is InChI=1S/C14H18N4O3/c1-20-12-10(21-8-2-7-19)4-3-9-11(12)17-14(15)18-6-5-16-13(9)18/h3-4,19H,2,5-8H2,1H3,(H2,15,17). The van der Waals surface area contributed by atoms with Crippen LogP contribution in [0.15, 0.2) is 22.1 Å². The number of nitrogens with two attached hydrogens (primary N) is 1. The lowest BCUT2D eigenvalue weighted by Gasteiger charge is -2.26. The Morgan fingerprint density at radius 1 is 1.43 bits per heavy atom. The van der Waals surface area contributed by atoms with Crippen molar-refractivity contribution in [3.05, 3.63) is 17.7 Å². The Balaban J connectivity index is 2.02. The number of amidine groups is 1. The fourth-order valence-corrected chi connectivity index (χ4v) is 2.48. The van der Waals surface area contributed by atoms with E-state index in [4.69, 9.17) is 20.3 Å². The zero-order valence-corrected chi connectivity index (χ0v) is 11.9. The van der Waals surface area contributed by atoms with Crippen LogP contribution in [0.25, 0.3) is 0 Å². The third-order valence-electron chi connectivity index (χ3n) is 3.44. The van der Waals surface area contributed by atoms with E-state index in [1.807, 2.05) is 17.0 Å². The molecule has 0 amide bonds. The molecule has 112 valence electrons. The molecule has 3 N–H and O–H groups in total. The number of fused-ring (bicyclic) bond motifs is 3. The minimum Gasteiger partial charge on any atom is -0.491 e. The molecule has 0 unspecified atom stereocenters. The summed E-state index contributed by atoms with van der Waals surface area (Å²) >= 11 is 0. The lowest BCUT2D eigenvalue weighted by atomic mass is 10.1. The average molecular weight is 290 g/mol. The van der Waals surface area contributed by atoms with Gasteiger partial charge in [0.1, 0.15) is 11.5 Å². The Bertz CT molecular complexity index is 612. The van der Waals surface area contributed by atoms with E-state index < -0.39 is 0 Å². The molecule has 7 heteroatoms. The van der Waals surface area contributed by atoms with Crippen molar-refractivity contribution in [1.29, 1.82) is 0 Å². The van der Waals surface area contributed by atoms with Gasteiger partial charge in [0.15, 0.2) is 11.5 Å². The minimum atomic E-state index is 0.0874. The van der Waals surface area contributed by atoms with Crippen molar-refractivity contribution in [2.24, 2.45) is 15.7 Å². The van der Waals surface area contributed by atoms with Crippen molar-refractivity contribution in [2.45, 2.75) is 6.42 Å². The van der Waals surface area contributed by atoms with Crippen molar-refractivity contribution in [3.8, 4) is 11.5 Å². The molecule has 2 aliphatic rings. The maximum atomic E-state index is 8.83. The Hall–Kier alpha value is -2.28. The highest BCUT2D eigenvalue weighted by Crippen LogP contribution is 2.42. The number of aliphatic imine (C=N–C) groups is 2. The zero-order valence-electron chi connectivity index (χ0n) is 11.9. The molecule has 0 spiro atoms. The fraction of sp³-hybridized carbons (Fsp3) is 0.429. The number of hydrogen-bond donors (Lipinski definition) is 2. The highest BCUT2D eigenvalue weighted by molar-refractivity contribution is 6.16. The summed E-state index contributed by atoms with van der Waals surface area (Å²) in [5.41, 5.74) is 7.54. The van der Waals surface area contributed by atoms with Gasteiger partial charge in [0.05, 0.1) is 20.3 Å². The van der Waals surface area contributed by atoms with Gasteiger partial charge in [0, 0.05) is 25.1 Å². The molecular weight excluding hydrogens is 272 g/mol. The maximum Gasteiger partial charge on any atom is 0.202 e. The number of methoxy groups -OCH3 is 1. The molecule has 0 bridgehead atoms. The van der Waals surface area contributed by atoms with Crippen LogP contribution < -0.4 is 15.2 Å². The van der Waals surface area contributed by atoms with Crippen LogP contribution in [0.5, 0.6) is 11.5 Å². The Morgan fingerprint density at radius 3 is 3.05 bits per heavy atom. The van der Waals surface area contributed by atoms with Crippen LogP contribution in [-0.4, -0.2) is 55.2 Å². The summed E-state index contributed by atoms with van der Waals surface area (Å²) in [6.07, 6.45) is 0.562. The first-order chi connectivity index (χ1) is 10.3. The quantitative estimate of drug-likeness (QED) is 0.769. The Labute approximate surface area is 122 Å². The van der Waals surface area contributed by atoms with E-state index in [-0.39, 0.29) is 6.61 Å². The van der Waals surface area contributed by atoms with E-state index in [9.17, 15) is 0 Å². The summed E-state index contributed by atoms with van der Waals surface area (Å²) in [6, 6.07) is 3.75. The SMILES string of the molecule is COc1c(OCCCO)ccc2c1N=C(N)N1CCN=C21. The molecule has 0 aromatic heterocycles. The molecule has 3 rings (SSSR count). The first-order valence-electron chi connectivity index (χ1n) is 6.87. The van der Waals surface area contributed by atoms with Crippen LogP contribution in [0.3, 0.4) is 0 Å². The summed E-state index contributed by atoms with van der Waals surface area (Å²) in [5, 5.41) is 8.83. The highest BCUT2D eigenvalue weighted by Gasteiger charge is 2.30. The summed E-state index contributed by atoms with van der Waals surface area (Å²) in [6.45, 7) is 1.96. The minimum absolute atomic E-state index is 0.0874. The van der Waals surface area contributed by atoms with Crippen LogP contribution in [0, 0.1) is 0 Å². The van der Waals surface area contributed by atoms with Gasteiger partial charge in [-0.25, -0.2) is 4.99 Å². The summed E-state index contributed by atoms with van der Waals surface area (Å²) in [4.78, 5) is 10.8. The third kappa shape index (κ3) is 2.29. The van der Waals surface area contributed by atoms with E-state index in [2.05, 4.69) is 9.98 Å². The average Bonchev–Trinajstić information content (AvgIpc) is 2.97. The summed E-state index contributed by atoms with van der Waals surface area (Å²) in [5.74, 6) is 2.39. The van der Waals surface area contributed by atoms with Gasteiger partial charge in [-0.3, -0.25) is 9.89 Å². The van der Waals surface area contributed by atoms with E-state index in [1.54, 1.807) is 7.11 Å². The van der Waals surface area contributed by atoms with E-state index in [0.29, 0.717) is 42.7 Å². The molecule has 0 saturated carbocycles.